The number of benzene rings is 2. The van der Waals surface area contributed by atoms with Crippen LogP contribution in [-0.4, -0.2) is 52.3 Å². The largest absolute Gasteiger partial charge is 0.321 e. The quantitative estimate of drug-likeness (QED) is 0.321. The van der Waals surface area contributed by atoms with E-state index >= 15 is 0 Å². The zero-order chi connectivity index (χ0) is 25.5. The average Bonchev–Trinajstić information content (AvgIpc) is 2.90. The number of carbonyl (C=O) groups excluding carboxylic acids is 2. The molecule has 1 aliphatic heterocycles. The van der Waals surface area contributed by atoms with E-state index in [1.807, 2.05) is 36.4 Å². The second kappa shape index (κ2) is 12.0. The Bertz CT molecular complexity index is 1250. The molecule has 2 aromatic carbocycles. The van der Waals surface area contributed by atoms with Crippen molar-refractivity contribution in [3.05, 3.63) is 89.5 Å². The Hall–Kier alpha value is -3.41. The molecule has 9 nitrogen and oxygen atoms in total. The fraction of sp³-hybridized carbons (Fsp3) is 0.240. The predicted octanol–water partition coefficient (Wildman–Crippen LogP) is 3.71. The third-order valence-electron chi connectivity index (χ3n) is 5.52. The summed E-state index contributed by atoms with van der Waals surface area (Å²) in [6, 6.07) is 14.8. The van der Waals surface area contributed by atoms with E-state index in [1.54, 1.807) is 28.9 Å². The van der Waals surface area contributed by atoms with Crippen molar-refractivity contribution in [2.24, 2.45) is 5.10 Å². The lowest BCUT2D eigenvalue weighted by Gasteiger charge is -2.34. The van der Waals surface area contributed by atoms with Crippen LogP contribution in [0.2, 0.25) is 0 Å². The first kappa shape index (κ1) is 25.7. The maximum Gasteiger partial charge on any atom is 0.275 e. The second-order valence-electron chi connectivity index (χ2n) is 8.05. The highest BCUT2D eigenvalue weighted by molar-refractivity contribution is 8.01. The summed E-state index contributed by atoms with van der Waals surface area (Å²) in [4.78, 5) is 32.1. The van der Waals surface area contributed by atoms with Crippen molar-refractivity contribution in [2.45, 2.75) is 36.3 Å². The summed E-state index contributed by atoms with van der Waals surface area (Å²) < 4.78 is 20.2. The standard InChI is InChI=1S/C25H25N5O4S2/c1-2-22-24(19-7-3-18(4-8-19)16-36(33)34)29-30(23(15-31)35-22)14-17-5-9-20(10-6-17)28-25(32)21-13-26-11-12-27-21/h3-13,15,22-23H,2,14,16H2,1H3,(H,28,32)(H,33,34). The van der Waals surface area contributed by atoms with E-state index in [0.29, 0.717) is 12.2 Å². The number of carbonyl (C=O) groups is 2. The van der Waals surface area contributed by atoms with Gasteiger partial charge in [0, 0.05) is 18.1 Å². The van der Waals surface area contributed by atoms with Crippen LogP contribution >= 0.6 is 11.8 Å². The van der Waals surface area contributed by atoms with E-state index in [-0.39, 0.29) is 22.6 Å². The van der Waals surface area contributed by atoms with Crippen LogP contribution in [0.25, 0.3) is 0 Å². The van der Waals surface area contributed by atoms with Crippen LogP contribution in [0.3, 0.4) is 0 Å². The molecule has 0 fully saturated rings. The van der Waals surface area contributed by atoms with Gasteiger partial charge in [0.15, 0.2) is 17.4 Å². The monoisotopic (exact) mass is 523 g/mol. The minimum atomic E-state index is -1.90. The average molecular weight is 524 g/mol. The number of anilines is 1. The number of aldehydes is 1. The van der Waals surface area contributed by atoms with Gasteiger partial charge in [-0.25, -0.2) is 9.19 Å². The zero-order valence-corrected chi connectivity index (χ0v) is 21.1. The molecule has 3 aromatic rings. The Morgan fingerprint density at radius 3 is 2.47 bits per heavy atom. The molecule has 11 heteroatoms. The van der Waals surface area contributed by atoms with E-state index in [2.05, 4.69) is 22.2 Å². The van der Waals surface area contributed by atoms with Crippen molar-refractivity contribution < 1.29 is 18.4 Å². The summed E-state index contributed by atoms with van der Waals surface area (Å²) in [6.45, 7) is 2.47. The van der Waals surface area contributed by atoms with Gasteiger partial charge in [-0.1, -0.05) is 43.3 Å². The molecule has 0 radical (unpaired) electrons. The molecule has 0 spiro atoms. The molecule has 2 N–H and O–H groups in total. The van der Waals surface area contributed by atoms with Crippen LogP contribution < -0.4 is 5.32 Å². The van der Waals surface area contributed by atoms with Crippen molar-refractivity contribution in [1.82, 2.24) is 15.0 Å². The molecule has 1 amide bonds. The fourth-order valence-electron chi connectivity index (χ4n) is 3.73. The van der Waals surface area contributed by atoms with Gasteiger partial charge in [0.1, 0.15) is 11.1 Å². The molecule has 3 atom stereocenters. The van der Waals surface area contributed by atoms with Crippen molar-refractivity contribution in [2.75, 3.05) is 5.32 Å². The van der Waals surface area contributed by atoms with Gasteiger partial charge in [-0.3, -0.25) is 14.8 Å². The van der Waals surface area contributed by atoms with Crippen LogP contribution in [0.1, 0.15) is 40.5 Å². The highest BCUT2D eigenvalue weighted by atomic mass is 32.2. The van der Waals surface area contributed by atoms with Crippen molar-refractivity contribution in [3.8, 4) is 0 Å². The lowest BCUT2D eigenvalue weighted by Crippen LogP contribution is -2.39. The van der Waals surface area contributed by atoms with Crippen LogP contribution in [0.4, 0.5) is 5.69 Å². The number of nitrogens with zero attached hydrogens (tertiary/aromatic N) is 4. The van der Waals surface area contributed by atoms with Crippen molar-refractivity contribution in [1.29, 1.82) is 0 Å². The molecule has 4 rings (SSSR count). The Morgan fingerprint density at radius 1 is 1.14 bits per heavy atom. The maximum absolute atomic E-state index is 12.3. The van der Waals surface area contributed by atoms with Gasteiger partial charge < -0.3 is 14.7 Å². The SMILES string of the molecule is CCC1SC(C=O)N(Cc2ccc(NC(=O)c3cnccn3)cc2)N=C1c1ccc(CS(=O)O)cc1. The topological polar surface area (TPSA) is 125 Å². The van der Waals surface area contributed by atoms with Gasteiger partial charge in [0.25, 0.3) is 5.91 Å². The first-order valence-electron chi connectivity index (χ1n) is 11.3. The minimum Gasteiger partial charge on any atom is -0.321 e. The molecule has 186 valence electrons. The molecular weight excluding hydrogens is 498 g/mol. The van der Waals surface area contributed by atoms with Crippen LogP contribution in [0.5, 0.6) is 0 Å². The van der Waals surface area contributed by atoms with E-state index in [9.17, 15) is 13.8 Å². The molecule has 0 saturated carbocycles. The number of hydrazone groups is 1. The maximum atomic E-state index is 12.3. The molecule has 0 bridgehead atoms. The molecule has 2 heterocycles. The summed E-state index contributed by atoms with van der Waals surface area (Å²) in [5.74, 6) is -0.270. The Morgan fingerprint density at radius 2 is 1.86 bits per heavy atom. The number of rotatable bonds is 9. The highest BCUT2D eigenvalue weighted by Crippen LogP contribution is 2.32. The van der Waals surface area contributed by atoms with Gasteiger partial charge >= 0.3 is 0 Å². The smallest absolute Gasteiger partial charge is 0.275 e. The Kier molecular flexibility index (Phi) is 8.57. The van der Waals surface area contributed by atoms with E-state index in [1.165, 1.54) is 18.6 Å². The van der Waals surface area contributed by atoms with Gasteiger partial charge in [-0.2, -0.15) is 5.10 Å². The minimum absolute atomic E-state index is 0.0490. The van der Waals surface area contributed by atoms with E-state index in [0.717, 1.165) is 35.1 Å². The summed E-state index contributed by atoms with van der Waals surface area (Å²) in [5, 5.41) is 9.04. The number of hydrogen-bond donors (Lipinski definition) is 2. The highest BCUT2D eigenvalue weighted by Gasteiger charge is 2.31. The molecule has 1 aliphatic rings. The van der Waals surface area contributed by atoms with Gasteiger partial charge in [0.2, 0.25) is 0 Å². The third kappa shape index (κ3) is 6.42. The Labute approximate surface area is 215 Å². The molecule has 0 saturated heterocycles. The number of aromatic nitrogens is 2. The first-order valence-corrected chi connectivity index (χ1v) is 13.5. The fourth-order valence-corrected chi connectivity index (χ4v) is 5.37. The summed E-state index contributed by atoms with van der Waals surface area (Å²) in [6.07, 6.45) is 6.08. The lowest BCUT2D eigenvalue weighted by molar-refractivity contribution is -0.110. The molecule has 0 aliphatic carbocycles. The normalized spacial score (nSPS) is 18.3. The molecule has 3 unspecified atom stereocenters. The summed E-state index contributed by atoms with van der Waals surface area (Å²) in [5.41, 5.74) is 4.33. The first-order chi connectivity index (χ1) is 17.5. The van der Waals surface area contributed by atoms with Crippen molar-refractivity contribution in [3.63, 3.8) is 0 Å². The second-order valence-corrected chi connectivity index (χ2v) is 10.3. The molecule has 36 heavy (non-hydrogen) atoms. The van der Waals surface area contributed by atoms with Crippen LogP contribution in [0.15, 0.2) is 72.2 Å². The van der Waals surface area contributed by atoms with Crippen molar-refractivity contribution >= 4 is 46.4 Å². The van der Waals surface area contributed by atoms with Gasteiger partial charge in [-0.15, -0.1) is 11.8 Å². The third-order valence-corrected chi connectivity index (χ3v) is 7.62. The predicted molar refractivity (Wildman–Crippen MR) is 141 cm³/mol. The van der Waals surface area contributed by atoms with Gasteiger partial charge in [0.05, 0.1) is 29.5 Å². The number of amides is 1. The number of hydrogen-bond acceptors (Lipinski definition) is 8. The van der Waals surface area contributed by atoms with Crippen LogP contribution in [0, 0.1) is 0 Å². The number of nitrogens with one attached hydrogen (secondary N) is 1. The van der Waals surface area contributed by atoms with E-state index < -0.39 is 16.5 Å². The summed E-state index contributed by atoms with van der Waals surface area (Å²) in [7, 11) is 0. The molecule has 1 aromatic heterocycles. The summed E-state index contributed by atoms with van der Waals surface area (Å²) >= 11 is -0.342. The Balaban J connectivity index is 1.50. The zero-order valence-electron chi connectivity index (χ0n) is 19.5. The van der Waals surface area contributed by atoms with E-state index in [4.69, 9.17) is 9.65 Å². The van der Waals surface area contributed by atoms with Crippen LogP contribution in [-0.2, 0) is 28.2 Å². The van der Waals surface area contributed by atoms with Gasteiger partial charge in [-0.05, 0) is 35.2 Å². The number of thioether (sulfide) groups is 1. The molecular formula is C25H25N5O4S2. The lowest BCUT2D eigenvalue weighted by atomic mass is 10.0.